The number of carbonyl (C=O) groups is 1. The molecule has 1 heterocycles. The fourth-order valence-electron chi connectivity index (χ4n) is 3.34. The van der Waals surface area contributed by atoms with E-state index in [1.807, 2.05) is 66.7 Å². The number of aryl methyl sites for hydroxylation is 1. The summed E-state index contributed by atoms with van der Waals surface area (Å²) in [4.78, 5) is 16.5. The van der Waals surface area contributed by atoms with Gasteiger partial charge in [0.1, 0.15) is 12.4 Å². The Labute approximate surface area is 181 Å². The molecule has 0 aliphatic rings. The van der Waals surface area contributed by atoms with Crippen molar-refractivity contribution in [2.24, 2.45) is 0 Å². The van der Waals surface area contributed by atoms with Crippen LogP contribution in [0.1, 0.15) is 28.5 Å². The Morgan fingerprint density at radius 3 is 2.42 bits per heavy atom. The van der Waals surface area contributed by atoms with Crippen LogP contribution in [0.15, 0.2) is 78.9 Å². The fraction of sp³-hybridized carbons (Fsp3) is 0.154. The maximum absolute atomic E-state index is 12.1. The molecule has 0 spiro atoms. The molecule has 0 aliphatic carbocycles. The lowest BCUT2D eigenvalue weighted by Gasteiger charge is -2.13. The van der Waals surface area contributed by atoms with Crippen molar-refractivity contribution in [2.45, 2.75) is 20.0 Å². The van der Waals surface area contributed by atoms with E-state index in [4.69, 9.17) is 9.47 Å². The van der Waals surface area contributed by atoms with Crippen molar-refractivity contribution in [1.82, 2.24) is 4.98 Å². The second kappa shape index (κ2) is 9.30. The zero-order valence-electron chi connectivity index (χ0n) is 17.6. The van der Waals surface area contributed by atoms with Gasteiger partial charge in [-0.05, 0) is 60.0 Å². The van der Waals surface area contributed by atoms with Gasteiger partial charge in [-0.3, -0.25) is 0 Å². The molecule has 1 aromatic heterocycles. The van der Waals surface area contributed by atoms with Gasteiger partial charge in [0.15, 0.2) is 5.69 Å². The van der Waals surface area contributed by atoms with Gasteiger partial charge in [0.25, 0.3) is 0 Å². The topological polar surface area (TPSA) is 60.5 Å². The highest BCUT2D eigenvalue weighted by atomic mass is 16.5. The lowest BCUT2D eigenvalue weighted by Crippen LogP contribution is -2.06. The molecule has 5 heteroatoms. The number of fused-ring (bicyclic) bond motifs is 1. The van der Waals surface area contributed by atoms with Gasteiger partial charge in [-0.15, -0.1) is 0 Å². The van der Waals surface area contributed by atoms with Gasteiger partial charge in [0.05, 0.1) is 18.3 Å². The van der Waals surface area contributed by atoms with E-state index in [0.29, 0.717) is 6.61 Å². The van der Waals surface area contributed by atoms with Crippen LogP contribution in [0.3, 0.4) is 0 Å². The number of ether oxygens (including phenoxy) is 2. The highest BCUT2D eigenvalue weighted by Gasteiger charge is 2.13. The number of aromatic nitrogens is 1. The van der Waals surface area contributed by atoms with E-state index in [9.17, 15) is 4.79 Å². The first kappa shape index (κ1) is 20.4. The minimum absolute atomic E-state index is 0.268. The summed E-state index contributed by atoms with van der Waals surface area (Å²) >= 11 is 0. The monoisotopic (exact) mass is 412 g/mol. The van der Waals surface area contributed by atoms with Crippen molar-refractivity contribution in [3.63, 3.8) is 0 Å². The van der Waals surface area contributed by atoms with Gasteiger partial charge in [-0.2, -0.15) is 0 Å². The third-order valence-electron chi connectivity index (χ3n) is 5.06. The number of hydrogen-bond donors (Lipinski definition) is 1. The van der Waals surface area contributed by atoms with Crippen LogP contribution >= 0.6 is 0 Å². The molecule has 4 rings (SSSR count). The first-order valence-corrected chi connectivity index (χ1v) is 10.2. The third kappa shape index (κ3) is 4.83. The first-order chi connectivity index (χ1) is 15.2. The van der Waals surface area contributed by atoms with E-state index in [1.165, 1.54) is 12.7 Å². The molecule has 3 aromatic carbocycles. The van der Waals surface area contributed by atoms with Crippen LogP contribution in [0, 0.1) is 0 Å². The zero-order valence-corrected chi connectivity index (χ0v) is 17.6. The molecule has 156 valence electrons. The van der Waals surface area contributed by atoms with Crippen LogP contribution in [0.25, 0.3) is 10.9 Å². The summed E-state index contributed by atoms with van der Waals surface area (Å²) in [6, 6.07) is 25.6. The molecular formula is C26H24N2O3. The van der Waals surface area contributed by atoms with E-state index >= 15 is 0 Å². The number of nitrogens with one attached hydrogen (secondary N) is 1. The molecule has 0 bridgehead atoms. The summed E-state index contributed by atoms with van der Waals surface area (Å²) < 4.78 is 10.7. The smallest absolute Gasteiger partial charge is 0.356 e. The minimum atomic E-state index is -0.464. The first-order valence-electron chi connectivity index (χ1n) is 10.2. The minimum Gasteiger partial charge on any atom is -0.489 e. The molecular weight excluding hydrogens is 388 g/mol. The molecule has 0 radical (unpaired) electrons. The van der Waals surface area contributed by atoms with Crippen molar-refractivity contribution in [1.29, 1.82) is 0 Å². The summed E-state index contributed by atoms with van der Waals surface area (Å²) in [7, 11) is 1.36. The zero-order chi connectivity index (χ0) is 21.6. The van der Waals surface area contributed by atoms with Crippen molar-refractivity contribution in [3.8, 4) is 5.75 Å². The highest BCUT2D eigenvalue weighted by molar-refractivity contribution is 5.99. The van der Waals surface area contributed by atoms with E-state index < -0.39 is 5.97 Å². The van der Waals surface area contributed by atoms with Crippen molar-refractivity contribution < 1.29 is 14.3 Å². The molecule has 0 amide bonds. The van der Waals surface area contributed by atoms with Gasteiger partial charge in [-0.25, -0.2) is 9.78 Å². The summed E-state index contributed by atoms with van der Waals surface area (Å²) in [5, 5.41) is 4.37. The number of anilines is 2. The van der Waals surface area contributed by atoms with Crippen LogP contribution in [-0.4, -0.2) is 18.1 Å². The van der Waals surface area contributed by atoms with Crippen molar-refractivity contribution >= 4 is 28.2 Å². The van der Waals surface area contributed by atoms with Crippen LogP contribution < -0.4 is 10.1 Å². The summed E-state index contributed by atoms with van der Waals surface area (Å²) in [5.41, 5.74) is 5.02. The lowest BCUT2D eigenvalue weighted by atomic mass is 10.1. The predicted octanol–water partition coefficient (Wildman–Crippen LogP) is 5.91. The number of carbonyl (C=O) groups excluding carboxylic acids is 1. The number of nitrogens with zero attached hydrogens (tertiary/aromatic N) is 1. The SMILES string of the molecule is CCc1ccc2nc(C(=O)OC)cc(Nc3ccc(OCc4ccccc4)cc3)c2c1. The third-order valence-corrected chi connectivity index (χ3v) is 5.06. The number of rotatable bonds is 7. The lowest BCUT2D eigenvalue weighted by molar-refractivity contribution is 0.0594. The Balaban J connectivity index is 1.58. The van der Waals surface area contributed by atoms with Crippen molar-refractivity contribution in [3.05, 3.63) is 95.7 Å². The molecule has 5 nitrogen and oxygen atoms in total. The summed E-state index contributed by atoms with van der Waals surface area (Å²) in [6.45, 7) is 2.63. The Bertz CT molecular complexity index is 1190. The summed E-state index contributed by atoms with van der Waals surface area (Å²) in [5.74, 6) is 0.326. The van der Waals surface area contributed by atoms with Crippen LogP contribution in [-0.2, 0) is 17.8 Å². The molecule has 0 atom stereocenters. The number of pyridine rings is 1. The number of methoxy groups -OCH3 is 1. The van der Waals surface area contributed by atoms with E-state index in [0.717, 1.165) is 40.0 Å². The summed E-state index contributed by atoms with van der Waals surface area (Å²) in [6.07, 6.45) is 0.918. The molecule has 1 N–H and O–H groups in total. The van der Waals surface area contributed by atoms with Crippen molar-refractivity contribution in [2.75, 3.05) is 12.4 Å². The second-order valence-corrected chi connectivity index (χ2v) is 7.18. The molecule has 31 heavy (non-hydrogen) atoms. The van der Waals surface area contributed by atoms with Gasteiger partial charge in [0, 0.05) is 11.1 Å². The van der Waals surface area contributed by atoms with Gasteiger partial charge < -0.3 is 14.8 Å². The predicted molar refractivity (Wildman–Crippen MR) is 123 cm³/mol. The number of hydrogen-bond acceptors (Lipinski definition) is 5. The van der Waals surface area contributed by atoms with Crippen LogP contribution in [0.2, 0.25) is 0 Å². The number of esters is 1. The quantitative estimate of drug-likeness (QED) is 0.383. The fourth-order valence-corrected chi connectivity index (χ4v) is 3.34. The molecule has 0 saturated carbocycles. The molecule has 0 fully saturated rings. The Hall–Kier alpha value is -3.86. The van der Waals surface area contributed by atoms with E-state index in [2.05, 4.69) is 23.3 Å². The van der Waals surface area contributed by atoms with Gasteiger partial charge in [0.2, 0.25) is 0 Å². The number of benzene rings is 3. The molecule has 0 aliphatic heterocycles. The largest absolute Gasteiger partial charge is 0.489 e. The molecule has 0 saturated heterocycles. The molecule has 0 unspecified atom stereocenters. The Morgan fingerprint density at radius 1 is 0.935 bits per heavy atom. The van der Waals surface area contributed by atoms with Crippen LogP contribution in [0.5, 0.6) is 5.75 Å². The van der Waals surface area contributed by atoms with Gasteiger partial charge >= 0.3 is 5.97 Å². The highest BCUT2D eigenvalue weighted by Crippen LogP contribution is 2.29. The standard InChI is InChI=1S/C26H24N2O3/c1-3-18-9-14-23-22(15-18)24(16-25(28-23)26(29)30-2)27-20-10-12-21(13-11-20)31-17-19-7-5-4-6-8-19/h4-16H,3,17H2,1-2H3,(H,27,28). The maximum Gasteiger partial charge on any atom is 0.356 e. The average molecular weight is 412 g/mol. The van der Waals surface area contributed by atoms with Gasteiger partial charge in [-0.1, -0.05) is 43.3 Å². The Morgan fingerprint density at radius 2 is 1.71 bits per heavy atom. The normalized spacial score (nSPS) is 10.6. The van der Waals surface area contributed by atoms with Crippen LogP contribution in [0.4, 0.5) is 11.4 Å². The van der Waals surface area contributed by atoms with E-state index in [-0.39, 0.29) is 5.69 Å². The Kier molecular flexibility index (Phi) is 6.13. The van der Waals surface area contributed by atoms with E-state index in [1.54, 1.807) is 6.07 Å². The molecule has 4 aromatic rings. The second-order valence-electron chi connectivity index (χ2n) is 7.18. The maximum atomic E-state index is 12.1. The average Bonchev–Trinajstić information content (AvgIpc) is 2.83.